The van der Waals surface area contributed by atoms with Crippen molar-refractivity contribution < 1.29 is 4.79 Å². The van der Waals surface area contributed by atoms with E-state index in [0.717, 1.165) is 28.3 Å². The maximum absolute atomic E-state index is 12.2. The van der Waals surface area contributed by atoms with Gasteiger partial charge in [-0.15, -0.1) is 0 Å². The van der Waals surface area contributed by atoms with E-state index in [4.69, 9.17) is 5.10 Å². The lowest BCUT2D eigenvalue weighted by atomic mass is 9.86. The largest absolute Gasteiger partial charge is 0.325 e. The van der Waals surface area contributed by atoms with E-state index in [1.54, 1.807) is 17.1 Å². The van der Waals surface area contributed by atoms with Gasteiger partial charge in [0.15, 0.2) is 6.20 Å². The second kappa shape index (κ2) is 5.71. The SMILES string of the molecule is Cc1nn(C)cc1[N+]12C=CN=CC1=NC(Nc1ccc3c(c1)NC(=O)C3(C)C)=N2. The third kappa shape index (κ3) is 2.47. The van der Waals surface area contributed by atoms with Crippen LogP contribution < -0.4 is 15.2 Å². The molecule has 9 nitrogen and oxygen atoms in total. The number of hydrogen-bond acceptors (Lipinski definition) is 6. The van der Waals surface area contributed by atoms with Crippen LogP contribution in [-0.2, 0) is 17.3 Å². The molecule has 4 heterocycles. The van der Waals surface area contributed by atoms with E-state index < -0.39 is 5.41 Å². The van der Waals surface area contributed by atoms with Gasteiger partial charge in [-0.25, -0.2) is 0 Å². The Morgan fingerprint density at radius 3 is 2.86 bits per heavy atom. The highest BCUT2D eigenvalue weighted by Gasteiger charge is 2.45. The van der Waals surface area contributed by atoms with Gasteiger partial charge in [0.1, 0.15) is 11.9 Å². The van der Waals surface area contributed by atoms with E-state index in [9.17, 15) is 4.79 Å². The number of fused-ring (bicyclic) bond motifs is 2. The molecule has 0 fully saturated rings. The van der Waals surface area contributed by atoms with Crippen molar-refractivity contribution in [3.63, 3.8) is 0 Å². The van der Waals surface area contributed by atoms with Crippen molar-refractivity contribution in [2.75, 3.05) is 10.6 Å². The van der Waals surface area contributed by atoms with Crippen LogP contribution >= 0.6 is 0 Å². The molecule has 3 aliphatic rings. The van der Waals surface area contributed by atoms with Crippen LogP contribution in [0.25, 0.3) is 0 Å². The van der Waals surface area contributed by atoms with Crippen LogP contribution in [0.1, 0.15) is 25.1 Å². The van der Waals surface area contributed by atoms with E-state index in [2.05, 4.69) is 25.7 Å². The average molecular weight is 389 g/mol. The van der Waals surface area contributed by atoms with Gasteiger partial charge in [-0.2, -0.15) is 10.1 Å². The topological polar surface area (TPSA) is 96.0 Å². The number of carbonyl (C=O) groups excluding carboxylic acids is 1. The average Bonchev–Trinajstić information content (AvgIpc) is 3.27. The van der Waals surface area contributed by atoms with Crippen molar-refractivity contribution in [3.05, 3.63) is 48.1 Å². The van der Waals surface area contributed by atoms with Gasteiger partial charge in [-0.05, 0) is 43.6 Å². The molecule has 0 aliphatic carbocycles. The molecule has 29 heavy (non-hydrogen) atoms. The summed E-state index contributed by atoms with van der Waals surface area (Å²) in [5, 5.41) is 15.5. The Morgan fingerprint density at radius 1 is 1.28 bits per heavy atom. The molecule has 1 atom stereocenters. The van der Waals surface area contributed by atoms with Crippen molar-refractivity contribution >= 4 is 41.0 Å². The summed E-state index contributed by atoms with van der Waals surface area (Å²) >= 11 is 0. The quantitative estimate of drug-likeness (QED) is 0.773. The van der Waals surface area contributed by atoms with Crippen molar-refractivity contribution in [3.8, 4) is 0 Å². The fourth-order valence-corrected chi connectivity index (χ4v) is 3.91. The molecule has 1 aromatic carbocycles. The normalized spacial score (nSPS) is 23.4. The molecule has 0 spiro atoms. The molecule has 146 valence electrons. The molecule has 9 heteroatoms. The number of aliphatic imine (C=N–C) groups is 2. The van der Waals surface area contributed by atoms with E-state index in [-0.39, 0.29) is 10.5 Å². The van der Waals surface area contributed by atoms with Crippen LogP contribution in [0.2, 0.25) is 0 Å². The molecule has 0 radical (unpaired) electrons. The molecule has 0 saturated carbocycles. The first-order valence-electron chi connectivity index (χ1n) is 9.32. The van der Waals surface area contributed by atoms with Gasteiger partial charge in [0.2, 0.25) is 11.6 Å². The maximum Gasteiger partial charge on any atom is 0.287 e. The number of hydrogen-bond donors (Lipinski definition) is 2. The summed E-state index contributed by atoms with van der Waals surface area (Å²) in [5.74, 6) is 1.14. The zero-order valence-electron chi connectivity index (χ0n) is 16.6. The number of quaternary nitrogens is 1. The van der Waals surface area contributed by atoms with Crippen molar-refractivity contribution in [1.82, 2.24) is 14.4 Å². The number of aryl methyl sites for hydroxylation is 2. The van der Waals surface area contributed by atoms with Gasteiger partial charge in [0.05, 0.1) is 17.8 Å². The summed E-state index contributed by atoms with van der Waals surface area (Å²) in [5.41, 5.74) is 3.83. The van der Waals surface area contributed by atoms with Crippen LogP contribution in [0.15, 0.2) is 51.9 Å². The van der Waals surface area contributed by atoms with E-state index in [0.29, 0.717) is 11.8 Å². The third-order valence-electron chi connectivity index (χ3n) is 5.50. The second-order valence-electron chi connectivity index (χ2n) is 7.89. The number of carbonyl (C=O) groups is 1. The van der Waals surface area contributed by atoms with Crippen LogP contribution in [0.4, 0.5) is 17.1 Å². The first-order valence-corrected chi connectivity index (χ1v) is 9.32. The van der Waals surface area contributed by atoms with Gasteiger partial charge in [0.25, 0.3) is 11.8 Å². The summed E-state index contributed by atoms with van der Waals surface area (Å²) in [6.07, 6.45) is 7.23. The number of aromatic nitrogens is 2. The highest BCUT2D eigenvalue weighted by molar-refractivity contribution is 6.38. The number of nitrogens with zero attached hydrogens (tertiary/aromatic N) is 6. The molecule has 5 rings (SSSR count). The summed E-state index contributed by atoms with van der Waals surface area (Å²) in [6, 6.07) is 5.80. The van der Waals surface area contributed by atoms with Gasteiger partial charge < -0.3 is 10.6 Å². The Hall–Kier alpha value is -3.59. The number of nitrogens with one attached hydrogen (secondary N) is 2. The van der Waals surface area contributed by atoms with Crippen LogP contribution in [0.3, 0.4) is 0 Å². The van der Waals surface area contributed by atoms with Gasteiger partial charge in [-0.3, -0.25) is 14.5 Å². The van der Waals surface area contributed by atoms with Crippen LogP contribution in [0.5, 0.6) is 0 Å². The zero-order valence-corrected chi connectivity index (χ0v) is 16.6. The Morgan fingerprint density at radius 2 is 2.10 bits per heavy atom. The first kappa shape index (κ1) is 17.5. The first-order chi connectivity index (χ1) is 13.8. The maximum atomic E-state index is 12.2. The van der Waals surface area contributed by atoms with Gasteiger partial charge >= 0.3 is 0 Å². The lowest BCUT2D eigenvalue weighted by molar-refractivity contribution is -0.119. The lowest BCUT2D eigenvalue weighted by Crippen LogP contribution is -2.44. The van der Waals surface area contributed by atoms with Gasteiger partial charge in [0, 0.05) is 18.4 Å². The molecule has 0 bridgehead atoms. The molecule has 0 saturated heterocycles. The summed E-state index contributed by atoms with van der Waals surface area (Å²) in [7, 11) is 1.88. The molecule has 2 aromatic rings. The molecule has 3 aliphatic heterocycles. The Labute approximate surface area is 167 Å². The minimum Gasteiger partial charge on any atom is -0.325 e. The highest BCUT2D eigenvalue weighted by Crippen LogP contribution is 2.39. The van der Waals surface area contributed by atoms with E-state index in [1.807, 2.05) is 58.4 Å². The van der Waals surface area contributed by atoms with Crippen LogP contribution in [-0.4, -0.2) is 33.7 Å². The monoisotopic (exact) mass is 389 g/mol. The molecule has 1 aromatic heterocycles. The molecular formula is C20H21N8O+. The number of benzene rings is 1. The third-order valence-corrected chi connectivity index (χ3v) is 5.50. The summed E-state index contributed by atoms with van der Waals surface area (Å²) in [6.45, 7) is 5.79. The zero-order chi connectivity index (χ0) is 20.4. The standard InChI is InChI=1S/C20H20N8O/c1-12-16(11-27(4)25-12)28-8-7-21-10-17(28)24-19(26-28)22-13-5-6-14-15(9-13)23-18(29)20(14,2)3/h5-11H,1-4H3,(H-,22,23,26,29)/p+1. The molecule has 1 unspecified atom stereocenters. The fourth-order valence-electron chi connectivity index (χ4n) is 3.91. The number of guanidine groups is 1. The lowest BCUT2D eigenvalue weighted by Gasteiger charge is -2.22. The predicted octanol–water partition coefficient (Wildman–Crippen LogP) is 2.62. The minimum absolute atomic E-state index is 0.00172. The fraction of sp³-hybridized carbons (Fsp3) is 0.250. The number of amidine groups is 1. The number of rotatable bonds is 2. The Balaban J connectivity index is 1.52. The number of amides is 1. The predicted molar refractivity (Wildman–Crippen MR) is 114 cm³/mol. The van der Waals surface area contributed by atoms with Crippen molar-refractivity contribution in [2.45, 2.75) is 26.2 Å². The Bertz CT molecular complexity index is 1180. The Kier molecular flexibility index (Phi) is 3.45. The number of anilines is 2. The molecule has 1 amide bonds. The highest BCUT2D eigenvalue weighted by atomic mass is 16.2. The van der Waals surface area contributed by atoms with Crippen molar-refractivity contribution in [2.24, 2.45) is 22.1 Å². The smallest absolute Gasteiger partial charge is 0.287 e. The summed E-state index contributed by atoms with van der Waals surface area (Å²) < 4.78 is 1.85. The van der Waals surface area contributed by atoms with Gasteiger partial charge in [-0.1, -0.05) is 10.7 Å². The second-order valence-corrected chi connectivity index (χ2v) is 7.89. The molecular weight excluding hydrogens is 368 g/mol. The van der Waals surface area contributed by atoms with E-state index >= 15 is 0 Å². The van der Waals surface area contributed by atoms with E-state index in [1.165, 1.54) is 0 Å². The molecule has 2 N–H and O–H groups in total. The summed E-state index contributed by atoms with van der Waals surface area (Å²) in [4.78, 5) is 21.1. The van der Waals surface area contributed by atoms with Crippen LogP contribution in [0, 0.1) is 6.92 Å². The minimum atomic E-state index is -0.534. The van der Waals surface area contributed by atoms with Crippen molar-refractivity contribution in [1.29, 1.82) is 0 Å².